The van der Waals surface area contributed by atoms with E-state index in [9.17, 15) is 4.79 Å². The maximum absolute atomic E-state index is 16.8. The van der Waals surface area contributed by atoms with E-state index in [-0.39, 0.29) is 53.7 Å². The summed E-state index contributed by atoms with van der Waals surface area (Å²) in [4.78, 5) is 26.0. The number of anilines is 1. The molecule has 6 aromatic rings. The van der Waals surface area contributed by atoms with Crippen molar-refractivity contribution in [3.63, 3.8) is 0 Å². The predicted molar refractivity (Wildman–Crippen MR) is 277 cm³/mol. The molecule has 1 aliphatic heterocycles. The van der Waals surface area contributed by atoms with Crippen LogP contribution in [0.1, 0.15) is 81.7 Å². The first-order valence-electron chi connectivity index (χ1n) is 23.8. The highest BCUT2D eigenvalue weighted by molar-refractivity contribution is 7.44. The standard InChI is InChI=1S/C54H66FN6O8PSi/c1-36(2)61(37(3)4)70(66-32-31-56-8)68-47-45(34-65-54(39-21-17-14-18-22-39,40-23-27-42(63-9)28-24-40)41-25-29-43(64-10)30-26-41)67-52(48(47)69-71(11,12)53(5,6)7)60-33-44(55)46-49(57-35-58-50(46)60)59-51(62)38-19-15-13-16-20-38/h13-30,33,35-37,45,47-48,52H,31-32,34H2,1-7,9-12H3,(H,57,58,59,62)/t45-,47-,48-,52-,70?/m1/s1. The summed E-state index contributed by atoms with van der Waals surface area (Å²) < 4.78 is 68.1. The van der Waals surface area contributed by atoms with E-state index >= 15 is 4.39 Å². The smallest absolute Gasteiger partial charge is 0.259 e. The predicted octanol–water partition coefficient (Wildman–Crippen LogP) is 11.8. The van der Waals surface area contributed by atoms with Crippen LogP contribution in [0.4, 0.5) is 10.2 Å². The number of carbonyl (C=O) groups excluding carboxylic acids is 1. The highest BCUT2D eigenvalue weighted by atomic mass is 31.2. The average molecular weight is 1010 g/mol. The second-order valence-electron chi connectivity index (χ2n) is 19.4. The Kier molecular flexibility index (Phi) is 17.1. The minimum Gasteiger partial charge on any atom is -0.497 e. The molecule has 71 heavy (non-hydrogen) atoms. The normalized spacial score (nSPS) is 18.0. The number of amides is 1. The molecule has 7 rings (SSSR count). The molecule has 1 N–H and O–H groups in total. The molecular weight excluding hydrogens is 939 g/mol. The van der Waals surface area contributed by atoms with Crippen molar-refractivity contribution in [2.24, 2.45) is 0 Å². The van der Waals surface area contributed by atoms with Gasteiger partial charge in [0.2, 0.25) is 6.54 Å². The van der Waals surface area contributed by atoms with Gasteiger partial charge >= 0.3 is 0 Å². The van der Waals surface area contributed by atoms with Gasteiger partial charge in [-0.25, -0.2) is 25.6 Å². The number of fused-ring (bicyclic) bond motifs is 1. The SMILES string of the molecule is [C-]#[N+]CCOP(O[C@H]1[C@@H](O[Si](C)(C)C(C)(C)C)[C@H](n2cc(F)c3c(NC(=O)c4ccccc4)ncnc32)O[C@@H]1COC(c1ccccc1)(c1ccc(OC)cc1)c1ccc(OC)cc1)N(C(C)C)C(C)C. The molecule has 0 aliphatic carbocycles. The Bertz CT molecular complexity index is 2680. The van der Waals surface area contributed by atoms with Gasteiger partial charge in [-0.05, 0) is 98.9 Å². The first-order valence-corrected chi connectivity index (χ1v) is 27.9. The van der Waals surface area contributed by atoms with Crippen molar-refractivity contribution < 1.29 is 41.6 Å². The van der Waals surface area contributed by atoms with Gasteiger partial charge in [-0.2, -0.15) is 0 Å². The van der Waals surface area contributed by atoms with Crippen molar-refractivity contribution in [2.45, 2.75) is 109 Å². The Morgan fingerprint density at radius 1 is 0.859 bits per heavy atom. The van der Waals surface area contributed by atoms with Gasteiger partial charge in [0.1, 0.15) is 54.2 Å². The van der Waals surface area contributed by atoms with Gasteiger partial charge in [0, 0.05) is 23.8 Å². The molecule has 17 heteroatoms. The van der Waals surface area contributed by atoms with Gasteiger partial charge in [0.05, 0.1) is 26.2 Å². The van der Waals surface area contributed by atoms with Crippen LogP contribution >= 0.6 is 8.53 Å². The lowest BCUT2D eigenvalue weighted by molar-refractivity contribution is -0.0926. The molecule has 0 spiro atoms. The van der Waals surface area contributed by atoms with Crippen LogP contribution in [0, 0.1) is 12.4 Å². The summed E-state index contributed by atoms with van der Waals surface area (Å²) in [6.07, 6.45) is -1.16. The van der Waals surface area contributed by atoms with Crippen LogP contribution in [0.2, 0.25) is 18.1 Å². The van der Waals surface area contributed by atoms with Crippen molar-refractivity contribution in [1.29, 1.82) is 0 Å². The van der Waals surface area contributed by atoms with E-state index in [1.54, 1.807) is 43.1 Å². The minimum absolute atomic E-state index is 0.000475. The molecule has 0 radical (unpaired) electrons. The third-order valence-electron chi connectivity index (χ3n) is 13.1. The number of aromatic nitrogens is 3. The minimum atomic E-state index is -2.74. The zero-order valence-electron chi connectivity index (χ0n) is 42.5. The number of hydrogen-bond acceptors (Lipinski definition) is 11. The lowest BCUT2D eigenvalue weighted by Gasteiger charge is -2.42. The van der Waals surface area contributed by atoms with E-state index in [0.717, 1.165) is 16.7 Å². The van der Waals surface area contributed by atoms with Crippen molar-refractivity contribution >= 4 is 39.6 Å². The highest BCUT2D eigenvalue weighted by Gasteiger charge is 2.55. The molecule has 0 saturated carbocycles. The molecule has 4 aromatic carbocycles. The molecule has 1 aliphatic rings. The van der Waals surface area contributed by atoms with Crippen LogP contribution in [0.3, 0.4) is 0 Å². The van der Waals surface area contributed by atoms with Crippen molar-refractivity contribution in [3.8, 4) is 11.5 Å². The second kappa shape index (κ2) is 22.9. The fourth-order valence-corrected chi connectivity index (χ4v) is 11.7. The third kappa shape index (κ3) is 11.5. The summed E-state index contributed by atoms with van der Waals surface area (Å²) in [5.74, 6) is 0.224. The average Bonchev–Trinajstić information content (AvgIpc) is 3.87. The summed E-state index contributed by atoms with van der Waals surface area (Å²) in [7, 11) is -1.37. The maximum Gasteiger partial charge on any atom is 0.259 e. The van der Waals surface area contributed by atoms with Gasteiger partial charge in [0.15, 0.2) is 26.0 Å². The number of hydrogen-bond donors (Lipinski definition) is 1. The molecule has 0 bridgehead atoms. The summed E-state index contributed by atoms with van der Waals surface area (Å²) >= 11 is 0. The van der Waals surface area contributed by atoms with E-state index in [1.165, 1.54) is 12.5 Å². The van der Waals surface area contributed by atoms with Gasteiger partial charge in [-0.15, -0.1) is 0 Å². The molecule has 5 atom stereocenters. The first-order chi connectivity index (χ1) is 33.9. The number of rotatable bonds is 21. The number of nitrogens with one attached hydrogen (secondary N) is 1. The number of benzene rings is 4. The molecule has 14 nitrogen and oxygen atoms in total. The summed E-state index contributed by atoms with van der Waals surface area (Å²) in [5.41, 5.74) is 1.77. The van der Waals surface area contributed by atoms with E-state index in [2.05, 4.69) is 86.4 Å². The summed E-state index contributed by atoms with van der Waals surface area (Å²) in [6.45, 7) is 26.8. The maximum atomic E-state index is 16.8. The van der Waals surface area contributed by atoms with E-state index in [0.29, 0.717) is 17.1 Å². The van der Waals surface area contributed by atoms with Crippen LogP contribution in [-0.2, 0) is 28.5 Å². The largest absolute Gasteiger partial charge is 0.497 e. The number of carbonyl (C=O) groups is 1. The Labute approximate surface area is 419 Å². The van der Waals surface area contributed by atoms with Gasteiger partial charge in [-0.1, -0.05) is 93.6 Å². The lowest BCUT2D eigenvalue weighted by Crippen LogP contribution is -2.50. The van der Waals surface area contributed by atoms with Crippen LogP contribution in [0.15, 0.2) is 122 Å². The van der Waals surface area contributed by atoms with Crippen LogP contribution in [0.5, 0.6) is 11.5 Å². The highest BCUT2D eigenvalue weighted by Crippen LogP contribution is 2.53. The summed E-state index contributed by atoms with van der Waals surface area (Å²) in [5, 5.41) is 2.52. The zero-order valence-corrected chi connectivity index (χ0v) is 44.4. The monoisotopic (exact) mass is 1000 g/mol. The molecule has 1 saturated heterocycles. The number of nitrogens with zero attached hydrogens (tertiary/aromatic N) is 5. The lowest BCUT2D eigenvalue weighted by atomic mass is 9.80. The quantitative estimate of drug-likeness (QED) is 0.0243. The molecule has 1 amide bonds. The molecule has 2 aromatic heterocycles. The fourth-order valence-electron chi connectivity index (χ4n) is 8.61. The van der Waals surface area contributed by atoms with Crippen LogP contribution in [-0.4, -0.2) is 97.8 Å². The third-order valence-corrected chi connectivity index (χ3v) is 19.7. The molecule has 1 unspecified atom stereocenters. The van der Waals surface area contributed by atoms with Crippen molar-refractivity contribution in [2.75, 3.05) is 39.3 Å². The molecule has 1 fully saturated rings. The van der Waals surface area contributed by atoms with Crippen LogP contribution < -0.4 is 14.8 Å². The van der Waals surface area contributed by atoms with E-state index < -0.39 is 58.7 Å². The Morgan fingerprint density at radius 3 is 1.96 bits per heavy atom. The summed E-state index contributed by atoms with van der Waals surface area (Å²) in [6, 6.07) is 34.1. The number of halogens is 1. The van der Waals surface area contributed by atoms with Gasteiger partial charge < -0.3 is 47.1 Å². The first kappa shape index (κ1) is 53.2. The van der Waals surface area contributed by atoms with Crippen LogP contribution in [0.25, 0.3) is 15.9 Å². The number of ether oxygens (including phenoxy) is 4. The Balaban J connectivity index is 1.43. The zero-order chi connectivity index (χ0) is 51.1. The fraction of sp³-hybridized carbons (Fsp3) is 0.407. The topological polar surface area (TPSA) is 132 Å². The molecule has 3 heterocycles. The van der Waals surface area contributed by atoms with E-state index in [4.69, 9.17) is 39.0 Å². The number of methoxy groups -OCH3 is 2. The Hall–Kier alpha value is -5.60. The van der Waals surface area contributed by atoms with Gasteiger partial charge in [-0.3, -0.25) is 4.79 Å². The van der Waals surface area contributed by atoms with Crippen molar-refractivity contribution in [1.82, 2.24) is 19.2 Å². The Morgan fingerprint density at radius 2 is 1.42 bits per heavy atom. The van der Waals surface area contributed by atoms with E-state index in [1.807, 2.05) is 84.9 Å². The van der Waals surface area contributed by atoms with Crippen molar-refractivity contribution in [3.05, 3.63) is 161 Å². The second-order valence-corrected chi connectivity index (χ2v) is 25.6. The molecular formula is C54H66FN6O8PSi. The van der Waals surface area contributed by atoms with Gasteiger partial charge in [0.25, 0.3) is 14.4 Å². The molecule has 376 valence electrons.